The number of rotatable bonds is 3. The van der Waals surface area contributed by atoms with Gasteiger partial charge in [-0.25, -0.2) is 8.42 Å². The van der Waals surface area contributed by atoms with Crippen molar-refractivity contribution < 1.29 is 8.42 Å². The number of aromatic nitrogens is 1. The van der Waals surface area contributed by atoms with Crippen LogP contribution in [0.1, 0.15) is 5.56 Å². The molecular weight excluding hydrogens is 362 g/mol. The van der Waals surface area contributed by atoms with Gasteiger partial charge >= 0.3 is 0 Å². The molecule has 0 aliphatic rings. The van der Waals surface area contributed by atoms with Crippen molar-refractivity contribution in [3.63, 3.8) is 0 Å². The van der Waals surface area contributed by atoms with Gasteiger partial charge in [0.2, 0.25) is 0 Å². The van der Waals surface area contributed by atoms with Gasteiger partial charge in [-0.05, 0) is 47.9 Å². The standard InChI is InChI=1S/C20H13N3O3S/c21-12-13-4-3-5-15(10-13)27(25,26)23-14-8-9-19-18(11-14)16-6-1-2-7-17(16)20(24)22-19/h1-11,23H,(H,22,24). The smallest absolute Gasteiger partial charge is 0.261 e. The molecule has 1 aromatic heterocycles. The third-order valence-corrected chi connectivity index (χ3v) is 5.63. The maximum Gasteiger partial charge on any atom is 0.261 e. The molecule has 1 heterocycles. The number of pyridine rings is 1. The van der Waals surface area contributed by atoms with E-state index in [-0.39, 0.29) is 16.0 Å². The van der Waals surface area contributed by atoms with Crippen molar-refractivity contribution in [3.8, 4) is 6.07 Å². The summed E-state index contributed by atoms with van der Waals surface area (Å²) in [5.74, 6) is 0. The molecule has 0 saturated heterocycles. The first-order chi connectivity index (χ1) is 13.0. The monoisotopic (exact) mass is 375 g/mol. The van der Waals surface area contributed by atoms with E-state index < -0.39 is 10.0 Å². The van der Waals surface area contributed by atoms with Crippen LogP contribution in [0.15, 0.2) is 76.4 Å². The minimum Gasteiger partial charge on any atom is -0.321 e. The molecule has 0 fully saturated rings. The van der Waals surface area contributed by atoms with Crippen molar-refractivity contribution in [2.75, 3.05) is 4.72 Å². The van der Waals surface area contributed by atoms with E-state index in [1.54, 1.807) is 30.3 Å². The fourth-order valence-electron chi connectivity index (χ4n) is 2.99. The highest BCUT2D eigenvalue weighted by Gasteiger charge is 2.15. The van der Waals surface area contributed by atoms with E-state index in [2.05, 4.69) is 9.71 Å². The van der Waals surface area contributed by atoms with Crippen LogP contribution in [-0.4, -0.2) is 13.4 Å². The highest BCUT2D eigenvalue weighted by atomic mass is 32.2. The van der Waals surface area contributed by atoms with Crippen molar-refractivity contribution >= 4 is 37.4 Å². The van der Waals surface area contributed by atoms with Crippen molar-refractivity contribution in [2.45, 2.75) is 4.90 Å². The Bertz CT molecular complexity index is 1400. The lowest BCUT2D eigenvalue weighted by Gasteiger charge is -2.10. The molecule has 0 spiro atoms. The summed E-state index contributed by atoms with van der Waals surface area (Å²) in [5.41, 5.74) is 1.05. The Balaban J connectivity index is 1.83. The third kappa shape index (κ3) is 3.03. The molecule has 27 heavy (non-hydrogen) atoms. The van der Waals surface area contributed by atoms with E-state index >= 15 is 0 Å². The number of nitriles is 1. The van der Waals surface area contributed by atoms with Crippen LogP contribution in [-0.2, 0) is 10.0 Å². The molecular formula is C20H13N3O3S. The lowest BCUT2D eigenvalue weighted by atomic mass is 10.1. The molecule has 0 amide bonds. The van der Waals surface area contributed by atoms with E-state index in [1.807, 2.05) is 18.2 Å². The van der Waals surface area contributed by atoms with Gasteiger partial charge in [-0.2, -0.15) is 5.26 Å². The summed E-state index contributed by atoms with van der Waals surface area (Å²) in [6, 6.07) is 19.8. The van der Waals surface area contributed by atoms with Crippen molar-refractivity contribution in [2.24, 2.45) is 0 Å². The van der Waals surface area contributed by atoms with E-state index in [0.717, 1.165) is 10.8 Å². The SMILES string of the molecule is N#Cc1cccc(S(=O)(=O)Nc2ccc3[nH]c(=O)c4ccccc4c3c2)c1. The zero-order valence-electron chi connectivity index (χ0n) is 13.9. The molecule has 0 saturated carbocycles. The summed E-state index contributed by atoms with van der Waals surface area (Å²) >= 11 is 0. The van der Waals surface area contributed by atoms with Gasteiger partial charge < -0.3 is 4.98 Å². The maximum absolute atomic E-state index is 12.6. The molecule has 6 nitrogen and oxygen atoms in total. The zero-order valence-corrected chi connectivity index (χ0v) is 14.7. The predicted molar refractivity (Wildman–Crippen MR) is 104 cm³/mol. The molecule has 0 unspecified atom stereocenters. The number of anilines is 1. The number of hydrogen-bond donors (Lipinski definition) is 2. The normalized spacial score (nSPS) is 11.4. The van der Waals surface area contributed by atoms with Gasteiger partial charge in [0.15, 0.2) is 0 Å². The fourth-order valence-corrected chi connectivity index (χ4v) is 4.09. The fraction of sp³-hybridized carbons (Fsp3) is 0. The summed E-state index contributed by atoms with van der Waals surface area (Å²) in [4.78, 5) is 15.0. The first kappa shape index (κ1) is 16.8. The number of H-pyrrole nitrogens is 1. The Morgan fingerprint density at radius 1 is 0.889 bits per heavy atom. The number of benzene rings is 3. The quantitative estimate of drug-likeness (QED) is 0.536. The lowest BCUT2D eigenvalue weighted by Crippen LogP contribution is -2.13. The van der Waals surface area contributed by atoms with Gasteiger partial charge in [-0.3, -0.25) is 9.52 Å². The molecule has 0 radical (unpaired) electrons. The minimum absolute atomic E-state index is 0.00738. The second kappa shape index (κ2) is 6.27. The Hall–Kier alpha value is -3.63. The average molecular weight is 375 g/mol. The Labute approximate surface area is 154 Å². The largest absolute Gasteiger partial charge is 0.321 e. The Morgan fingerprint density at radius 2 is 1.67 bits per heavy atom. The van der Waals surface area contributed by atoms with Crippen LogP contribution in [0.4, 0.5) is 5.69 Å². The summed E-state index contributed by atoms with van der Waals surface area (Å²) in [5, 5.41) is 11.0. The zero-order chi connectivity index (χ0) is 19.0. The molecule has 132 valence electrons. The second-order valence-electron chi connectivity index (χ2n) is 6.01. The number of nitrogens with one attached hydrogen (secondary N) is 2. The minimum atomic E-state index is -3.85. The Morgan fingerprint density at radius 3 is 2.44 bits per heavy atom. The molecule has 0 atom stereocenters. The topological polar surface area (TPSA) is 103 Å². The van der Waals surface area contributed by atoms with E-state index in [1.165, 1.54) is 24.3 Å². The van der Waals surface area contributed by atoms with Crippen LogP contribution < -0.4 is 10.3 Å². The van der Waals surface area contributed by atoms with E-state index in [4.69, 9.17) is 5.26 Å². The molecule has 7 heteroatoms. The van der Waals surface area contributed by atoms with Crippen LogP contribution >= 0.6 is 0 Å². The van der Waals surface area contributed by atoms with Crippen LogP contribution in [0.3, 0.4) is 0 Å². The maximum atomic E-state index is 12.6. The molecule has 4 aromatic rings. The summed E-state index contributed by atoms with van der Waals surface area (Å²) in [7, 11) is -3.85. The molecule has 2 N–H and O–H groups in total. The summed E-state index contributed by atoms with van der Waals surface area (Å²) in [6.07, 6.45) is 0. The van der Waals surface area contributed by atoms with Crippen LogP contribution in [0, 0.1) is 11.3 Å². The highest BCUT2D eigenvalue weighted by Crippen LogP contribution is 2.25. The second-order valence-corrected chi connectivity index (χ2v) is 7.69. The number of nitrogens with zero attached hydrogens (tertiary/aromatic N) is 1. The molecule has 0 aliphatic carbocycles. The number of aromatic amines is 1. The molecule has 0 bridgehead atoms. The van der Waals surface area contributed by atoms with Gasteiger partial charge in [-0.1, -0.05) is 24.3 Å². The van der Waals surface area contributed by atoms with Crippen molar-refractivity contribution in [3.05, 3.63) is 82.6 Å². The first-order valence-corrected chi connectivity index (χ1v) is 9.54. The van der Waals surface area contributed by atoms with Crippen LogP contribution in [0.25, 0.3) is 21.7 Å². The predicted octanol–water partition coefficient (Wildman–Crippen LogP) is 3.35. The number of fused-ring (bicyclic) bond motifs is 3. The van der Waals surface area contributed by atoms with Gasteiger partial charge in [0.25, 0.3) is 15.6 Å². The average Bonchev–Trinajstić information content (AvgIpc) is 2.68. The van der Waals surface area contributed by atoms with Crippen LogP contribution in [0.5, 0.6) is 0 Å². The Kier molecular flexibility index (Phi) is 3.90. The van der Waals surface area contributed by atoms with Crippen molar-refractivity contribution in [1.29, 1.82) is 5.26 Å². The van der Waals surface area contributed by atoms with E-state index in [9.17, 15) is 13.2 Å². The van der Waals surface area contributed by atoms with Gasteiger partial charge in [0, 0.05) is 22.0 Å². The molecule has 0 aliphatic heterocycles. The molecule has 3 aromatic carbocycles. The first-order valence-electron chi connectivity index (χ1n) is 8.06. The summed E-state index contributed by atoms with van der Waals surface area (Å²) in [6.45, 7) is 0. The van der Waals surface area contributed by atoms with Gasteiger partial charge in [0.05, 0.1) is 16.5 Å². The third-order valence-electron chi connectivity index (χ3n) is 4.26. The summed E-state index contributed by atoms with van der Waals surface area (Å²) < 4.78 is 27.8. The van der Waals surface area contributed by atoms with E-state index in [0.29, 0.717) is 16.6 Å². The number of hydrogen-bond acceptors (Lipinski definition) is 4. The highest BCUT2D eigenvalue weighted by molar-refractivity contribution is 7.92. The van der Waals surface area contributed by atoms with Gasteiger partial charge in [0.1, 0.15) is 0 Å². The van der Waals surface area contributed by atoms with Crippen molar-refractivity contribution in [1.82, 2.24) is 4.98 Å². The van der Waals surface area contributed by atoms with Crippen LogP contribution in [0.2, 0.25) is 0 Å². The lowest BCUT2D eigenvalue weighted by molar-refractivity contribution is 0.601. The van der Waals surface area contributed by atoms with Gasteiger partial charge in [-0.15, -0.1) is 0 Å². The number of sulfonamides is 1. The molecule has 4 rings (SSSR count).